The minimum absolute atomic E-state index is 0.598. The summed E-state index contributed by atoms with van der Waals surface area (Å²) >= 11 is 0. The Hall–Kier alpha value is -2.15. The van der Waals surface area contributed by atoms with Gasteiger partial charge in [-0.05, 0) is 0 Å². The molecule has 0 aliphatic heterocycles. The summed E-state index contributed by atoms with van der Waals surface area (Å²) in [5.74, 6) is 1.23. The number of benzene rings is 1. The van der Waals surface area contributed by atoms with Crippen LogP contribution in [-0.4, -0.2) is 15.2 Å². The van der Waals surface area contributed by atoms with Gasteiger partial charge < -0.3 is 4.85 Å². The van der Waals surface area contributed by atoms with E-state index in [1.165, 1.54) is 0 Å². The predicted octanol–water partition coefficient (Wildman–Crippen LogP) is 2.63. The Bertz CT molecular complexity index is 519. The Balaban J connectivity index is 2.39. The smallest absolute Gasteiger partial charge is 0.284 e. The molecule has 16 heavy (non-hydrogen) atoms. The van der Waals surface area contributed by atoms with Crippen LogP contribution in [0.2, 0.25) is 0 Å². The molecule has 0 bridgehead atoms. The average Bonchev–Trinajstić information content (AvgIpc) is 2.80. The zero-order chi connectivity index (χ0) is 11.6. The summed E-state index contributed by atoms with van der Waals surface area (Å²) < 4.78 is 0. The lowest BCUT2D eigenvalue weighted by molar-refractivity contribution is 0.613. The monoisotopic (exact) mass is 212 g/mol. The van der Waals surface area contributed by atoms with Gasteiger partial charge >= 0.3 is 0 Å². The van der Waals surface area contributed by atoms with Gasteiger partial charge in [0.25, 0.3) is 5.54 Å². The predicted molar refractivity (Wildman–Crippen MR) is 61.4 cm³/mol. The van der Waals surface area contributed by atoms with Crippen molar-refractivity contribution >= 4 is 0 Å². The number of aromatic nitrogens is 3. The highest BCUT2D eigenvalue weighted by Gasteiger charge is 2.30. The normalized spacial score (nSPS) is 11.1. The average molecular weight is 212 g/mol. The molecule has 1 aromatic heterocycles. The van der Waals surface area contributed by atoms with Gasteiger partial charge in [-0.1, -0.05) is 30.3 Å². The summed E-state index contributed by atoms with van der Waals surface area (Å²) in [5, 5.41) is 6.94. The fraction of sp³-hybridized carbons (Fsp3) is 0.250. The zero-order valence-corrected chi connectivity index (χ0v) is 9.23. The van der Waals surface area contributed by atoms with Gasteiger partial charge in [-0.3, -0.25) is 5.10 Å². The Kier molecular flexibility index (Phi) is 2.45. The molecule has 0 aliphatic rings. The molecular formula is C12H12N4. The fourth-order valence-electron chi connectivity index (χ4n) is 1.30. The van der Waals surface area contributed by atoms with Crippen molar-refractivity contribution in [2.75, 3.05) is 0 Å². The molecule has 0 saturated carbocycles. The van der Waals surface area contributed by atoms with Crippen molar-refractivity contribution in [3.8, 4) is 11.4 Å². The minimum Gasteiger partial charge on any atom is -0.302 e. The largest absolute Gasteiger partial charge is 0.302 e. The topological polar surface area (TPSA) is 45.9 Å². The van der Waals surface area contributed by atoms with Gasteiger partial charge in [0.15, 0.2) is 5.82 Å². The number of aromatic amines is 1. The first-order chi connectivity index (χ1) is 7.63. The second kappa shape index (κ2) is 3.78. The first kappa shape index (κ1) is 10.4. The van der Waals surface area contributed by atoms with E-state index in [9.17, 15) is 0 Å². The van der Waals surface area contributed by atoms with Crippen LogP contribution in [-0.2, 0) is 5.54 Å². The molecule has 4 heteroatoms. The molecule has 0 radical (unpaired) electrons. The van der Waals surface area contributed by atoms with Gasteiger partial charge in [-0.2, -0.15) is 5.10 Å². The molecular weight excluding hydrogens is 200 g/mol. The molecule has 0 spiro atoms. The van der Waals surface area contributed by atoms with Crippen LogP contribution in [0.15, 0.2) is 30.3 Å². The van der Waals surface area contributed by atoms with Crippen molar-refractivity contribution in [2.45, 2.75) is 19.4 Å². The number of hydrogen-bond acceptors (Lipinski definition) is 2. The quantitative estimate of drug-likeness (QED) is 0.778. The molecule has 0 aliphatic carbocycles. The Morgan fingerprint density at radius 2 is 1.94 bits per heavy atom. The number of hydrogen-bond donors (Lipinski definition) is 1. The second-order valence-electron chi connectivity index (χ2n) is 4.04. The maximum atomic E-state index is 7.09. The van der Waals surface area contributed by atoms with Crippen LogP contribution < -0.4 is 0 Å². The summed E-state index contributed by atoms with van der Waals surface area (Å²) in [4.78, 5) is 7.86. The Morgan fingerprint density at radius 3 is 2.56 bits per heavy atom. The van der Waals surface area contributed by atoms with Crippen molar-refractivity contribution in [1.29, 1.82) is 0 Å². The lowest BCUT2D eigenvalue weighted by Gasteiger charge is -2.04. The van der Waals surface area contributed by atoms with E-state index < -0.39 is 5.54 Å². The summed E-state index contributed by atoms with van der Waals surface area (Å²) in [6, 6.07) is 9.70. The molecule has 4 nitrogen and oxygen atoms in total. The van der Waals surface area contributed by atoms with Gasteiger partial charge in [0.2, 0.25) is 5.82 Å². The molecule has 1 heterocycles. The van der Waals surface area contributed by atoms with Crippen LogP contribution in [0.5, 0.6) is 0 Å². The maximum absolute atomic E-state index is 7.09. The van der Waals surface area contributed by atoms with E-state index in [2.05, 4.69) is 20.0 Å². The van der Waals surface area contributed by atoms with Gasteiger partial charge in [-0.25, -0.2) is 11.6 Å². The molecule has 2 rings (SSSR count). The van der Waals surface area contributed by atoms with E-state index in [1.807, 2.05) is 44.2 Å². The molecule has 0 atom stereocenters. The number of rotatable bonds is 2. The highest BCUT2D eigenvalue weighted by Crippen LogP contribution is 2.23. The lowest BCUT2D eigenvalue weighted by atomic mass is 10.1. The van der Waals surface area contributed by atoms with E-state index in [1.54, 1.807) is 0 Å². The summed E-state index contributed by atoms with van der Waals surface area (Å²) in [7, 11) is 0. The minimum atomic E-state index is -0.653. The molecule has 1 N–H and O–H groups in total. The van der Waals surface area contributed by atoms with Gasteiger partial charge in [0.05, 0.1) is 0 Å². The Labute approximate surface area is 94.2 Å². The Morgan fingerprint density at radius 1 is 1.25 bits per heavy atom. The van der Waals surface area contributed by atoms with Crippen LogP contribution in [0.4, 0.5) is 0 Å². The van der Waals surface area contributed by atoms with Gasteiger partial charge in [0.1, 0.15) is 0 Å². The molecule has 0 amide bonds. The number of H-pyrrole nitrogens is 1. The third-order valence-corrected chi connectivity index (χ3v) is 2.38. The maximum Gasteiger partial charge on any atom is 0.284 e. The molecule has 1 aromatic carbocycles. The highest BCUT2D eigenvalue weighted by atomic mass is 15.2. The lowest BCUT2D eigenvalue weighted by Crippen LogP contribution is -2.13. The first-order valence-corrected chi connectivity index (χ1v) is 5.00. The highest BCUT2D eigenvalue weighted by molar-refractivity contribution is 5.54. The summed E-state index contributed by atoms with van der Waals surface area (Å²) in [6.45, 7) is 10.7. The van der Waals surface area contributed by atoms with Crippen molar-refractivity contribution in [3.63, 3.8) is 0 Å². The molecule has 80 valence electrons. The van der Waals surface area contributed by atoms with Crippen molar-refractivity contribution in [2.24, 2.45) is 0 Å². The molecule has 0 unspecified atom stereocenters. The number of nitrogens with zero attached hydrogens (tertiary/aromatic N) is 3. The standard InChI is InChI=1S/C12H12N4/c1-12(2,13-3)11-14-10(15-16-11)9-7-5-4-6-8-9/h4-8H,1-2H3,(H,14,15,16). The number of nitrogens with one attached hydrogen (secondary N) is 1. The SMILES string of the molecule is [C-]#[N+]C(C)(C)c1nc(-c2ccccc2)n[nH]1. The van der Waals surface area contributed by atoms with Crippen molar-refractivity contribution in [3.05, 3.63) is 47.6 Å². The fourth-order valence-corrected chi connectivity index (χ4v) is 1.30. The molecule has 2 aromatic rings. The molecule has 0 saturated heterocycles. The second-order valence-corrected chi connectivity index (χ2v) is 4.04. The van der Waals surface area contributed by atoms with Crippen LogP contribution >= 0.6 is 0 Å². The van der Waals surface area contributed by atoms with Crippen LogP contribution in [0.1, 0.15) is 19.7 Å². The van der Waals surface area contributed by atoms with Crippen LogP contribution in [0.3, 0.4) is 0 Å². The summed E-state index contributed by atoms with van der Waals surface area (Å²) in [5.41, 5.74) is 0.297. The van der Waals surface area contributed by atoms with E-state index in [0.717, 1.165) is 5.56 Å². The van der Waals surface area contributed by atoms with Crippen molar-refractivity contribution in [1.82, 2.24) is 15.2 Å². The van der Waals surface area contributed by atoms with Crippen LogP contribution in [0, 0.1) is 6.57 Å². The first-order valence-electron chi connectivity index (χ1n) is 5.00. The zero-order valence-electron chi connectivity index (χ0n) is 9.23. The van der Waals surface area contributed by atoms with Crippen molar-refractivity contribution < 1.29 is 0 Å². The third kappa shape index (κ3) is 1.80. The third-order valence-electron chi connectivity index (χ3n) is 2.38. The van der Waals surface area contributed by atoms with Crippen LogP contribution in [0.25, 0.3) is 16.2 Å². The van der Waals surface area contributed by atoms with E-state index in [-0.39, 0.29) is 0 Å². The van der Waals surface area contributed by atoms with Gasteiger partial charge in [-0.15, -0.1) is 0 Å². The molecule has 0 fully saturated rings. The summed E-state index contributed by atoms with van der Waals surface area (Å²) in [6.07, 6.45) is 0. The van der Waals surface area contributed by atoms with Gasteiger partial charge in [0, 0.05) is 19.4 Å². The van der Waals surface area contributed by atoms with E-state index >= 15 is 0 Å². The van der Waals surface area contributed by atoms with E-state index in [4.69, 9.17) is 6.57 Å². The van der Waals surface area contributed by atoms with E-state index in [0.29, 0.717) is 11.6 Å².